The zero-order chi connectivity index (χ0) is 21.0. The van der Waals surface area contributed by atoms with Crippen molar-refractivity contribution < 1.29 is 14.3 Å². The molecule has 4 aliphatic rings. The second-order valence-electron chi connectivity index (χ2n) is 9.53. The summed E-state index contributed by atoms with van der Waals surface area (Å²) in [4.78, 5) is 20.0. The van der Waals surface area contributed by atoms with Crippen molar-refractivity contribution in [1.82, 2.24) is 20.0 Å². The molecule has 170 valence electrons. The molecule has 1 N–H and O–H groups in total. The van der Waals surface area contributed by atoms with Crippen LogP contribution >= 0.6 is 0 Å². The highest BCUT2D eigenvalue weighted by atomic mass is 16.7. The van der Waals surface area contributed by atoms with Gasteiger partial charge in [-0.25, -0.2) is 4.79 Å². The van der Waals surface area contributed by atoms with Crippen LogP contribution in [0.5, 0.6) is 11.5 Å². The molecule has 1 aromatic rings. The number of hydrogen-bond acceptors (Lipinski definition) is 5. The molecule has 0 radical (unpaired) electrons. The zero-order valence-electron chi connectivity index (χ0n) is 18.6. The first kappa shape index (κ1) is 20.9. The molecular formula is C24H36N4O3. The molecule has 7 nitrogen and oxygen atoms in total. The average Bonchev–Trinajstić information content (AvgIpc) is 3.28. The summed E-state index contributed by atoms with van der Waals surface area (Å²) in [7, 11) is 0. The van der Waals surface area contributed by atoms with Crippen LogP contribution in [-0.2, 0) is 6.54 Å². The number of nitrogens with one attached hydrogen (secondary N) is 1. The second-order valence-corrected chi connectivity index (χ2v) is 9.53. The Bertz CT molecular complexity index is 759. The molecule has 2 saturated heterocycles. The van der Waals surface area contributed by atoms with E-state index in [1.165, 1.54) is 31.2 Å². The van der Waals surface area contributed by atoms with Gasteiger partial charge in [0.1, 0.15) is 0 Å². The lowest BCUT2D eigenvalue weighted by Crippen LogP contribution is -2.57. The van der Waals surface area contributed by atoms with E-state index in [4.69, 9.17) is 9.47 Å². The van der Waals surface area contributed by atoms with Crippen LogP contribution in [0.1, 0.15) is 50.5 Å². The minimum atomic E-state index is 0.165. The van der Waals surface area contributed by atoms with Gasteiger partial charge in [0.05, 0.1) is 0 Å². The van der Waals surface area contributed by atoms with Gasteiger partial charge >= 0.3 is 6.03 Å². The van der Waals surface area contributed by atoms with Gasteiger partial charge in [0.2, 0.25) is 6.79 Å². The maximum atomic E-state index is 12.8. The lowest BCUT2D eigenvalue weighted by molar-refractivity contribution is 0.0575. The summed E-state index contributed by atoms with van der Waals surface area (Å²) in [6.07, 6.45) is 8.44. The van der Waals surface area contributed by atoms with Crippen LogP contribution in [0.3, 0.4) is 0 Å². The van der Waals surface area contributed by atoms with E-state index in [-0.39, 0.29) is 6.03 Å². The van der Waals surface area contributed by atoms with Crippen LogP contribution < -0.4 is 14.8 Å². The lowest BCUT2D eigenvalue weighted by atomic mass is 9.95. The highest BCUT2D eigenvalue weighted by Gasteiger charge is 2.31. The van der Waals surface area contributed by atoms with Crippen LogP contribution in [-0.4, -0.2) is 78.9 Å². The van der Waals surface area contributed by atoms with Crippen molar-refractivity contribution in [1.29, 1.82) is 0 Å². The third-order valence-corrected chi connectivity index (χ3v) is 7.38. The maximum absolute atomic E-state index is 12.8. The maximum Gasteiger partial charge on any atom is 0.317 e. The first-order chi connectivity index (χ1) is 15.2. The summed E-state index contributed by atoms with van der Waals surface area (Å²) in [6.45, 7) is 7.35. The highest BCUT2D eigenvalue weighted by molar-refractivity contribution is 5.74. The highest BCUT2D eigenvalue weighted by Crippen LogP contribution is 2.33. The fourth-order valence-electron chi connectivity index (χ4n) is 5.53. The van der Waals surface area contributed by atoms with Gasteiger partial charge in [0, 0.05) is 57.9 Å². The Labute approximate surface area is 185 Å². The summed E-state index contributed by atoms with van der Waals surface area (Å²) in [5.41, 5.74) is 1.28. The van der Waals surface area contributed by atoms with Crippen LogP contribution in [0.25, 0.3) is 0 Å². The van der Waals surface area contributed by atoms with Crippen LogP contribution in [0.15, 0.2) is 18.2 Å². The van der Waals surface area contributed by atoms with Gasteiger partial charge in [-0.05, 0) is 43.4 Å². The first-order valence-corrected chi connectivity index (χ1v) is 12.1. The summed E-state index contributed by atoms with van der Waals surface area (Å²) in [5.74, 6) is 1.72. The molecule has 0 aromatic heterocycles. The monoisotopic (exact) mass is 428 g/mol. The lowest BCUT2D eigenvalue weighted by Gasteiger charge is -2.43. The molecule has 2 amide bonds. The molecule has 0 bridgehead atoms. The van der Waals surface area contributed by atoms with Gasteiger partial charge < -0.3 is 19.7 Å². The molecule has 0 spiro atoms. The predicted octanol–water partition coefficient (Wildman–Crippen LogP) is 3.04. The molecule has 5 rings (SSSR count). The summed E-state index contributed by atoms with van der Waals surface area (Å²) >= 11 is 0. The Hall–Kier alpha value is -1.99. The first-order valence-electron chi connectivity index (χ1n) is 12.1. The van der Waals surface area contributed by atoms with E-state index >= 15 is 0 Å². The molecule has 31 heavy (non-hydrogen) atoms. The number of rotatable bonds is 4. The standard InChI is InChI=1S/C24H36N4O3/c29-24(25-20-5-2-1-3-6-20)28-10-4-7-21(17-28)27-13-11-26(12-14-27)16-19-8-9-22-23(15-19)31-18-30-22/h8-9,15,20-21H,1-7,10-14,16-18H2,(H,25,29). The van der Waals surface area contributed by atoms with E-state index in [1.54, 1.807) is 0 Å². The van der Waals surface area contributed by atoms with E-state index in [0.717, 1.165) is 76.6 Å². The smallest absolute Gasteiger partial charge is 0.317 e. The SMILES string of the molecule is O=C(NC1CCCCC1)N1CCCC(N2CCN(Cc3ccc4c(c3)OCO4)CC2)C1. The zero-order valence-corrected chi connectivity index (χ0v) is 18.6. The summed E-state index contributed by atoms with van der Waals surface area (Å²) in [5, 5.41) is 3.31. The Morgan fingerprint density at radius 2 is 1.74 bits per heavy atom. The van der Waals surface area contributed by atoms with Crippen molar-refractivity contribution in [2.45, 2.75) is 63.6 Å². The largest absolute Gasteiger partial charge is 0.454 e. The minimum Gasteiger partial charge on any atom is -0.454 e. The van der Waals surface area contributed by atoms with E-state index in [0.29, 0.717) is 18.9 Å². The van der Waals surface area contributed by atoms with Gasteiger partial charge in [0.25, 0.3) is 0 Å². The quantitative estimate of drug-likeness (QED) is 0.799. The molecule has 1 atom stereocenters. The van der Waals surface area contributed by atoms with Crippen LogP contribution in [0, 0.1) is 0 Å². The van der Waals surface area contributed by atoms with E-state index in [2.05, 4.69) is 32.1 Å². The van der Waals surface area contributed by atoms with E-state index in [9.17, 15) is 4.79 Å². The number of piperazine rings is 1. The molecular weight excluding hydrogens is 392 g/mol. The molecule has 3 aliphatic heterocycles. The third-order valence-electron chi connectivity index (χ3n) is 7.38. The van der Waals surface area contributed by atoms with Crippen molar-refractivity contribution in [3.05, 3.63) is 23.8 Å². The molecule has 1 aliphatic carbocycles. The van der Waals surface area contributed by atoms with E-state index in [1.807, 2.05) is 6.07 Å². The number of benzene rings is 1. The Balaban J connectivity index is 1.09. The topological polar surface area (TPSA) is 57.3 Å². The summed E-state index contributed by atoms with van der Waals surface area (Å²) < 4.78 is 10.9. The van der Waals surface area contributed by atoms with Crippen molar-refractivity contribution in [3.8, 4) is 11.5 Å². The van der Waals surface area contributed by atoms with Crippen molar-refractivity contribution in [2.24, 2.45) is 0 Å². The second kappa shape index (κ2) is 9.65. The number of nitrogens with zero attached hydrogens (tertiary/aromatic N) is 3. The third kappa shape index (κ3) is 5.09. The molecule has 1 unspecified atom stereocenters. The van der Waals surface area contributed by atoms with Gasteiger partial charge in [0.15, 0.2) is 11.5 Å². The van der Waals surface area contributed by atoms with Gasteiger partial charge in [-0.2, -0.15) is 0 Å². The van der Waals surface area contributed by atoms with Crippen molar-refractivity contribution in [3.63, 3.8) is 0 Å². The Morgan fingerprint density at radius 1 is 0.935 bits per heavy atom. The summed E-state index contributed by atoms with van der Waals surface area (Å²) in [6, 6.07) is 7.32. The van der Waals surface area contributed by atoms with Crippen LogP contribution in [0.2, 0.25) is 0 Å². The number of piperidine rings is 1. The normalized spacial score (nSPS) is 25.5. The fourth-order valence-corrected chi connectivity index (χ4v) is 5.53. The number of amides is 2. The Morgan fingerprint density at radius 3 is 2.58 bits per heavy atom. The van der Waals surface area contributed by atoms with Gasteiger partial charge in [-0.3, -0.25) is 9.80 Å². The molecule has 1 saturated carbocycles. The number of hydrogen-bond donors (Lipinski definition) is 1. The molecule has 3 heterocycles. The number of fused-ring (bicyclic) bond motifs is 1. The molecule has 7 heteroatoms. The number of likely N-dealkylation sites (tertiary alicyclic amines) is 1. The predicted molar refractivity (Wildman–Crippen MR) is 119 cm³/mol. The van der Waals surface area contributed by atoms with Gasteiger partial charge in [-0.1, -0.05) is 25.3 Å². The average molecular weight is 429 g/mol. The fraction of sp³-hybridized carbons (Fsp3) is 0.708. The molecule has 3 fully saturated rings. The van der Waals surface area contributed by atoms with Crippen molar-refractivity contribution in [2.75, 3.05) is 46.1 Å². The van der Waals surface area contributed by atoms with Crippen molar-refractivity contribution >= 4 is 6.03 Å². The number of ether oxygens (including phenoxy) is 2. The molecule has 1 aromatic carbocycles. The van der Waals surface area contributed by atoms with E-state index < -0.39 is 0 Å². The minimum absolute atomic E-state index is 0.165. The number of urea groups is 1. The number of carbonyl (C=O) groups is 1. The van der Waals surface area contributed by atoms with Crippen LogP contribution in [0.4, 0.5) is 4.79 Å². The number of carbonyl (C=O) groups excluding carboxylic acids is 1. The van der Waals surface area contributed by atoms with Gasteiger partial charge in [-0.15, -0.1) is 0 Å². The Kier molecular flexibility index (Phi) is 6.50.